The minimum Gasteiger partial charge on any atom is -0.495 e. The normalized spacial score (nSPS) is 10.2. The van der Waals surface area contributed by atoms with E-state index in [1.807, 2.05) is 45.2 Å². The zero-order valence-electron chi connectivity index (χ0n) is 12.3. The van der Waals surface area contributed by atoms with Gasteiger partial charge in [-0.25, -0.2) is 9.97 Å². The van der Waals surface area contributed by atoms with Gasteiger partial charge >= 0.3 is 0 Å². The lowest BCUT2D eigenvalue weighted by molar-refractivity contribution is 0.417. The van der Waals surface area contributed by atoms with Crippen LogP contribution in [0.25, 0.3) is 0 Å². The van der Waals surface area contributed by atoms with Gasteiger partial charge in [-0.15, -0.1) is 0 Å². The van der Waals surface area contributed by atoms with Crippen LogP contribution in [0.15, 0.2) is 24.3 Å². The first-order chi connectivity index (χ1) is 9.69. The molecule has 2 rings (SSSR count). The number of hydrogen-bond donors (Lipinski definition) is 2. The van der Waals surface area contributed by atoms with Gasteiger partial charge in [-0.05, 0) is 19.1 Å². The molecule has 1 heterocycles. The van der Waals surface area contributed by atoms with Gasteiger partial charge < -0.3 is 15.4 Å². The van der Waals surface area contributed by atoms with E-state index in [-0.39, 0.29) is 0 Å². The molecule has 5 heteroatoms. The second kappa shape index (κ2) is 6.23. The Balaban J connectivity index is 2.42. The maximum atomic E-state index is 5.35. The number of hydrogen-bond acceptors (Lipinski definition) is 5. The molecule has 0 bridgehead atoms. The van der Waals surface area contributed by atoms with Gasteiger partial charge in [-0.2, -0.15) is 0 Å². The molecule has 0 saturated heterocycles. The van der Waals surface area contributed by atoms with Crippen LogP contribution in [0.3, 0.4) is 0 Å². The fourth-order valence-electron chi connectivity index (χ4n) is 1.96. The van der Waals surface area contributed by atoms with E-state index in [1.165, 1.54) is 0 Å². The predicted molar refractivity (Wildman–Crippen MR) is 82.0 cm³/mol. The molecule has 0 fully saturated rings. The van der Waals surface area contributed by atoms with Crippen molar-refractivity contribution < 1.29 is 4.74 Å². The van der Waals surface area contributed by atoms with Crippen molar-refractivity contribution in [1.29, 1.82) is 0 Å². The quantitative estimate of drug-likeness (QED) is 0.875. The highest BCUT2D eigenvalue weighted by Crippen LogP contribution is 2.29. The third kappa shape index (κ3) is 2.82. The minimum absolute atomic E-state index is 0.787. The van der Waals surface area contributed by atoms with E-state index in [9.17, 15) is 0 Å². The van der Waals surface area contributed by atoms with Crippen molar-refractivity contribution in [3.05, 3.63) is 35.7 Å². The maximum absolute atomic E-state index is 5.35. The van der Waals surface area contributed by atoms with Crippen LogP contribution in [-0.4, -0.2) is 24.1 Å². The highest BCUT2D eigenvalue weighted by atomic mass is 16.5. The summed E-state index contributed by atoms with van der Waals surface area (Å²) in [4.78, 5) is 9.01. The Morgan fingerprint density at radius 2 is 1.85 bits per heavy atom. The Hall–Kier alpha value is -2.30. The van der Waals surface area contributed by atoms with Crippen molar-refractivity contribution in [2.75, 3.05) is 24.8 Å². The highest BCUT2D eigenvalue weighted by Gasteiger charge is 2.11. The van der Waals surface area contributed by atoms with Crippen LogP contribution >= 0.6 is 0 Å². The number of anilines is 3. The van der Waals surface area contributed by atoms with E-state index in [0.717, 1.165) is 40.9 Å². The molecule has 5 nitrogen and oxygen atoms in total. The molecule has 1 aromatic carbocycles. The zero-order chi connectivity index (χ0) is 14.5. The topological polar surface area (TPSA) is 59.1 Å². The number of nitrogens with one attached hydrogen (secondary N) is 2. The predicted octanol–water partition coefficient (Wildman–Crippen LogP) is 3.14. The Bertz CT molecular complexity index is 598. The highest BCUT2D eigenvalue weighted by molar-refractivity contribution is 5.68. The molecule has 0 radical (unpaired) electrons. The van der Waals surface area contributed by atoms with Crippen molar-refractivity contribution in [2.24, 2.45) is 0 Å². The lowest BCUT2D eigenvalue weighted by Gasteiger charge is -2.15. The van der Waals surface area contributed by atoms with E-state index in [2.05, 4.69) is 20.6 Å². The van der Waals surface area contributed by atoms with Gasteiger partial charge in [0.15, 0.2) is 0 Å². The summed E-state index contributed by atoms with van der Waals surface area (Å²) in [7, 11) is 3.52. The lowest BCUT2D eigenvalue weighted by atomic mass is 10.2. The summed E-state index contributed by atoms with van der Waals surface area (Å²) in [6.45, 7) is 4.03. The maximum Gasteiger partial charge on any atom is 0.142 e. The molecule has 0 aliphatic heterocycles. The standard InChI is InChI=1S/C15H20N4O/c1-5-13-18-14(16-3)10(2)15(19-13)17-11-8-6-7-9-12(11)20-4/h6-9H,5H2,1-4H3,(H2,16,17,18,19). The Morgan fingerprint density at radius 1 is 1.15 bits per heavy atom. The summed E-state index contributed by atoms with van der Waals surface area (Å²) in [5, 5.41) is 6.43. The van der Waals surface area contributed by atoms with Crippen LogP contribution in [0, 0.1) is 6.92 Å². The van der Waals surface area contributed by atoms with Crippen LogP contribution in [0.2, 0.25) is 0 Å². The SMILES string of the molecule is CCc1nc(NC)c(C)c(Nc2ccccc2OC)n1. The molecule has 106 valence electrons. The second-order valence-electron chi connectivity index (χ2n) is 4.39. The molecule has 2 aromatic rings. The van der Waals surface area contributed by atoms with Gasteiger partial charge in [-0.1, -0.05) is 19.1 Å². The number of rotatable bonds is 5. The largest absolute Gasteiger partial charge is 0.495 e. The fraction of sp³-hybridized carbons (Fsp3) is 0.333. The Kier molecular flexibility index (Phi) is 4.40. The minimum atomic E-state index is 0.787. The summed E-state index contributed by atoms with van der Waals surface area (Å²) in [6, 6.07) is 7.78. The van der Waals surface area contributed by atoms with Gasteiger partial charge in [0.25, 0.3) is 0 Å². The van der Waals surface area contributed by atoms with Crippen molar-refractivity contribution in [3.8, 4) is 5.75 Å². The lowest BCUT2D eigenvalue weighted by Crippen LogP contribution is -2.07. The average Bonchev–Trinajstić information content (AvgIpc) is 2.49. The van der Waals surface area contributed by atoms with Crippen molar-refractivity contribution >= 4 is 17.3 Å². The van der Waals surface area contributed by atoms with Gasteiger partial charge in [0.05, 0.1) is 12.8 Å². The molecular weight excluding hydrogens is 252 g/mol. The van der Waals surface area contributed by atoms with Crippen LogP contribution in [0.5, 0.6) is 5.75 Å². The van der Waals surface area contributed by atoms with Gasteiger partial charge in [0.2, 0.25) is 0 Å². The number of methoxy groups -OCH3 is 1. The monoisotopic (exact) mass is 272 g/mol. The number of benzene rings is 1. The number of para-hydroxylation sites is 2. The van der Waals surface area contributed by atoms with E-state index in [1.54, 1.807) is 7.11 Å². The number of aryl methyl sites for hydroxylation is 1. The van der Waals surface area contributed by atoms with Crippen LogP contribution in [0.4, 0.5) is 17.3 Å². The molecule has 0 unspecified atom stereocenters. The van der Waals surface area contributed by atoms with Crippen LogP contribution in [0.1, 0.15) is 18.3 Å². The Morgan fingerprint density at radius 3 is 2.50 bits per heavy atom. The van der Waals surface area contributed by atoms with E-state index >= 15 is 0 Å². The molecule has 0 spiro atoms. The molecule has 1 aromatic heterocycles. The second-order valence-corrected chi connectivity index (χ2v) is 4.39. The number of ether oxygens (including phenoxy) is 1. The molecule has 0 atom stereocenters. The fourth-order valence-corrected chi connectivity index (χ4v) is 1.96. The van der Waals surface area contributed by atoms with Crippen LogP contribution < -0.4 is 15.4 Å². The number of nitrogens with zero attached hydrogens (tertiary/aromatic N) is 2. The van der Waals surface area contributed by atoms with Gasteiger partial charge in [0, 0.05) is 19.0 Å². The molecule has 20 heavy (non-hydrogen) atoms. The van der Waals surface area contributed by atoms with E-state index in [0.29, 0.717) is 0 Å². The smallest absolute Gasteiger partial charge is 0.142 e. The average molecular weight is 272 g/mol. The molecule has 0 saturated carbocycles. The zero-order valence-corrected chi connectivity index (χ0v) is 12.3. The molecule has 2 N–H and O–H groups in total. The first-order valence-electron chi connectivity index (χ1n) is 6.64. The van der Waals surface area contributed by atoms with Gasteiger partial charge in [-0.3, -0.25) is 0 Å². The number of aromatic nitrogens is 2. The summed E-state index contributed by atoms with van der Waals surface area (Å²) >= 11 is 0. The molecule has 0 aliphatic rings. The molecular formula is C15H20N4O. The van der Waals surface area contributed by atoms with Crippen molar-refractivity contribution in [3.63, 3.8) is 0 Å². The first-order valence-corrected chi connectivity index (χ1v) is 6.64. The van der Waals surface area contributed by atoms with Crippen LogP contribution in [-0.2, 0) is 6.42 Å². The summed E-state index contributed by atoms with van der Waals surface area (Å²) in [5.74, 6) is 3.23. The molecule has 0 aliphatic carbocycles. The van der Waals surface area contributed by atoms with Crippen molar-refractivity contribution in [1.82, 2.24) is 9.97 Å². The van der Waals surface area contributed by atoms with E-state index < -0.39 is 0 Å². The van der Waals surface area contributed by atoms with Gasteiger partial charge in [0.1, 0.15) is 23.2 Å². The van der Waals surface area contributed by atoms with Crippen molar-refractivity contribution in [2.45, 2.75) is 20.3 Å². The molecule has 0 amide bonds. The first kappa shape index (κ1) is 14.1. The van der Waals surface area contributed by atoms with E-state index in [4.69, 9.17) is 4.74 Å². The summed E-state index contributed by atoms with van der Waals surface area (Å²) < 4.78 is 5.35. The third-order valence-electron chi connectivity index (χ3n) is 3.11. The summed E-state index contributed by atoms with van der Waals surface area (Å²) in [5.41, 5.74) is 1.87. The Labute approximate surface area is 119 Å². The third-order valence-corrected chi connectivity index (χ3v) is 3.11. The summed E-state index contributed by atoms with van der Waals surface area (Å²) in [6.07, 6.45) is 0.787.